The van der Waals surface area contributed by atoms with Gasteiger partial charge in [0, 0.05) is 31.1 Å². The third-order valence-electron chi connectivity index (χ3n) is 7.88. The molecule has 162 valence electrons. The predicted molar refractivity (Wildman–Crippen MR) is 110 cm³/mol. The molecular formula is C23H26N4O4. The lowest BCUT2D eigenvalue weighted by Gasteiger charge is -2.42. The van der Waals surface area contributed by atoms with E-state index in [4.69, 9.17) is 0 Å². The second-order valence-electron chi connectivity index (χ2n) is 9.55. The standard InChI is InChI=1S/C23H26N4O4/c28-19-8-7-18(21(29)25-19)27-22(30)13-4-3-12(10-15(13)23(27)31)11-26-9-1-2-14-16-5-6-17(24-16)20(14)26/h3-4,10,14,16-18,20,24H,1-2,5-9,11H2,(H,25,28,29). The molecular weight excluding hydrogens is 396 g/mol. The second-order valence-corrected chi connectivity index (χ2v) is 9.55. The van der Waals surface area contributed by atoms with Crippen molar-refractivity contribution in [2.75, 3.05) is 6.54 Å². The molecule has 0 spiro atoms. The van der Waals surface area contributed by atoms with E-state index >= 15 is 0 Å². The lowest BCUT2D eigenvalue weighted by molar-refractivity contribution is -0.136. The first-order valence-electron chi connectivity index (χ1n) is 11.4. The monoisotopic (exact) mass is 422 g/mol. The van der Waals surface area contributed by atoms with E-state index in [9.17, 15) is 19.2 Å². The van der Waals surface area contributed by atoms with Gasteiger partial charge in [-0.05, 0) is 62.3 Å². The quantitative estimate of drug-likeness (QED) is 0.700. The van der Waals surface area contributed by atoms with Crippen LogP contribution in [0.2, 0.25) is 0 Å². The van der Waals surface area contributed by atoms with Crippen LogP contribution in [-0.4, -0.2) is 64.1 Å². The number of piperidine rings is 2. The normalized spacial score (nSPS) is 34.8. The molecule has 2 N–H and O–H groups in total. The number of hydrogen-bond acceptors (Lipinski definition) is 6. The van der Waals surface area contributed by atoms with Crippen LogP contribution >= 0.6 is 0 Å². The predicted octanol–water partition coefficient (Wildman–Crippen LogP) is 0.803. The van der Waals surface area contributed by atoms with Crippen molar-refractivity contribution < 1.29 is 19.2 Å². The van der Waals surface area contributed by atoms with Crippen LogP contribution in [-0.2, 0) is 16.1 Å². The van der Waals surface area contributed by atoms with Crippen LogP contribution in [0.5, 0.6) is 0 Å². The molecule has 0 aromatic heterocycles. The highest BCUT2D eigenvalue weighted by atomic mass is 16.2. The number of rotatable bonds is 3. The Morgan fingerprint density at radius 2 is 1.74 bits per heavy atom. The van der Waals surface area contributed by atoms with Gasteiger partial charge >= 0.3 is 0 Å². The van der Waals surface area contributed by atoms with Crippen molar-refractivity contribution in [3.63, 3.8) is 0 Å². The molecule has 5 aliphatic heterocycles. The molecule has 4 saturated heterocycles. The maximum Gasteiger partial charge on any atom is 0.262 e. The van der Waals surface area contributed by atoms with Gasteiger partial charge in [0.05, 0.1) is 11.1 Å². The zero-order chi connectivity index (χ0) is 21.3. The fourth-order valence-corrected chi connectivity index (χ4v) is 6.56. The van der Waals surface area contributed by atoms with E-state index in [1.54, 1.807) is 6.07 Å². The molecule has 0 saturated carbocycles. The summed E-state index contributed by atoms with van der Waals surface area (Å²) in [7, 11) is 0. The fraction of sp³-hybridized carbons (Fsp3) is 0.565. The van der Waals surface area contributed by atoms with Crippen LogP contribution in [0.4, 0.5) is 0 Å². The number of carbonyl (C=O) groups is 4. The zero-order valence-electron chi connectivity index (χ0n) is 17.3. The molecule has 1 aromatic rings. The second kappa shape index (κ2) is 6.97. The number of imide groups is 2. The smallest absolute Gasteiger partial charge is 0.262 e. The van der Waals surface area contributed by atoms with Crippen molar-refractivity contribution in [3.05, 3.63) is 34.9 Å². The van der Waals surface area contributed by atoms with E-state index in [0.29, 0.717) is 35.2 Å². The van der Waals surface area contributed by atoms with E-state index < -0.39 is 23.8 Å². The Balaban J connectivity index is 1.23. The van der Waals surface area contributed by atoms with Gasteiger partial charge in [-0.2, -0.15) is 0 Å². The first-order valence-corrected chi connectivity index (χ1v) is 11.4. The minimum absolute atomic E-state index is 0.128. The van der Waals surface area contributed by atoms with Crippen molar-refractivity contribution in [3.8, 4) is 0 Å². The summed E-state index contributed by atoms with van der Waals surface area (Å²) in [6.07, 6.45) is 5.30. The van der Waals surface area contributed by atoms with Crippen LogP contribution in [0.25, 0.3) is 0 Å². The third kappa shape index (κ3) is 2.88. The number of nitrogens with zero attached hydrogens (tertiary/aromatic N) is 2. The number of nitrogens with one attached hydrogen (secondary N) is 2. The van der Waals surface area contributed by atoms with Crippen molar-refractivity contribution >= 4 is 23.6 Å². The first kappa shape index (κ1) is 19.1. The molecule has 2 bridgehead atoms. The SMILES string of the molecule is O=C1CCC(N2C(=O)c3ccc(CN4CCCC5C6CCC(N6)C54)cc3C2=O)C(=O)N1. The highest BCUT2D eigenvalue weighted by molar-refractivity contribution is 6.23. The summed E-state index contributed by atoms with van der Waals surface area (Å²) in [4.78, 5) is 53.2. The summed E-state index contributed by atoms with van der Waals surface area (Å²) in [6, 6.07) is 6.33. The van der Waals surface area contributed by atoms with Crippen LogP contribution in [0.1, 0.15) is 64.8 Å². The van der Waals surface area contributed by atoms with Gasteiger partial charge in [0.25, 0.3) is 11.8 Å². The molecule has 5 aliphatic rings. The Morgan fingerprint density at radius 1 is 0.935 bits per heavy atom. The Hall–Kier alpha value is -2.58. The lowest BCUT2D eigenvalue weighted by Crippen LogP contribution is -2.54. The average Bonchev–Trinajstić information content (AvgIpc) is 3.43. The molecule has 8 nitrogen and oxygen atoms in total. The zero-order valence-corrected chi connectivity index (χ0v) is 17.3. The first-order chi connectivity index (χ1) is 15.0. The van der Waals surface area contributed by atoms with Crippen LogP contribution in [0, 0.1) is 5.92 Å². The number of hydrogen-bond donors (Lipinski definition) is 2. The molecule has 5 heterocycles. The van der Waals surface area contributed by atoms with Gasteiger partial charge in [-0.15, -0.1) is 0 Å². The molecule has 0 radical (unpaired) electrons. The third-order valence-corrected chi connectivity index (χ3v) is 7.88. The van der Waals surface area contributed by atoms with Crippen molar-refractivity contribution in [1.29, 1.82) is 0 Å². The van der Waals surface area contributed by atoms with Crippen LogP contribution < -0.4 is 10.6 Å². The topological polar surface area (TPSA) is 98.8 Å². The van der Waals surface area contributed by atoms with Gasteiger partial charge in [0.15, 0.2) is 0 Å². The summed E-state index contributed by atoms with van der Waals surface area (Å²) in [5.74, 6) is -1.11. The summed E-state index contributed by atoms with van der Waals surface area (Å²) >= 11 is 0. The Kier molecular flexibility index (Phi) is 4.30. The van der Waals surface area contributed by atoms with E-state index in [0.717, 1.165) is 23.6 Å². The maximum absolute atomic E-state index is 13.1. The summed E-state index contributed by atoms with van der Waals surface area (Å²) in [5, 5.41) is 6.02. The van der Waals surface area contributed by atoms with Gasteiger partial charge < -0.3 is 5.32 Å². The lowest BCUT2D eigenvalue weighted by atomic mass is 9.78. The van der Waals surface area contributed by atoms with Gasteiger partial charge in [-0.3, -0.25) is 34.3 Å². The molecule has 0 aliphatic carbocycles. The number of likely N-dealkylation sites (tertiary alicyclic amines) is 1. The molecule has 6 rings (SSSR count). The molecule has 4 amide bonds. The summed E-state index contributed by atoms with van der Waals surface area (Å²) < 4.78 is 0. The molecule has 5 atom stereocenters. The van der Waals surface area contributed by atoms with Gasteiger partial charge in [0.2, 0.25) is 11.8 Å². The van der Waals surface area contributed by atoms with Crippen LogP contribution in [0.15, 0.2) is 18.2 Å². The van der Waals surface area contributed by atoms with E-state index in [1.807, 2.05) is 12.1 Å². The number of benzene rings is 1. The van der Waals surface area contributed by atoms with Gasteiger partial charge in [-0.1, -0.05) is 6.07 Å². The van der Waals surface area contributed by atoms with Gasteiger partial charge in [-0.25, -0.2) is 0 Å². The fourth-order valence-electron chi connectivity index (χ4n) is 6.56. The molecule has 4 fully saturated rings. The van der Waals surface area contributed by atoms with E-state index in [-0.39, 0.29) is 18.7 Å². The average molecular weight is 422 g/mol. The highest BCUT2D eigenvalue weighted by Crippen LogP contribution is 2.42. The maximum atomic E-state index is 13.1. The van der Waals surface area contributed by atoms with E-state index in [1.165, 1.54) is 25.7 Å². The van der Waals surface area contributed by atoms with Gasteiger partial charge in [0.1, 0.15) is 6.04 Å². The van der Waals surface area contributed by atoms with Crippen LogP contribution in [0.3, 0.4) is 0 Å². The number of fused-ring (bicyclic) bond motifs is 6. The highest BCUT2D eigenvalue weighted by Gasteiger charge is 2.51. The minimum atomic E-state index is -0.920. The molecule has 1 aromatic carbocycles. The Labute approximate surface area is 180 Å². The summed E-state index contributed by atoms with van der Waals surface area (Å²) in [5.41, 5.74) is 1.73. The largest absolute Gasteiger partial charge is 0.309 e. The molecule has 5 unspecified atom stereocenters. The molecule has 31 heavy (non-hydrogen) atoms. The Morgan fingerprint density at radius 3 is 2.58 bits per heavy atom. The van der Waals surface area contributed by atoms with Crippen molar-refractivity contribution in [1.82, 2.24) is 20.4 Å². The van der Waals surface area contributed by atoms with Crippen molar-refractivity contribution in [2.45, 2.75) is 69.2 Å². The number of amides is 4. The minimum Gasteiger partial charge on any atom is -0.309 e. The van der Waals surface area contributed by atoms with E-state index in [2.05, 4.69) is 15.5 Å². The summed E-state index contributed by atoms with van der Waals surface area (Å²) in [6.45, 7) is 1.82. The Bertz CT molecular complexity index is 1010. The molecule has 8 heteroatoms. The number of carbonyl (C=O) groups excluding carboxylic acids is 4. The van der Waals surface area contributed by atoms with Crippen molar-refractivity contribution in [2.24, 2.45) is 5.92 Å².